The first-order valence-electron chi connectivity index (χ1n) is 10.3. The maximum atomic E-state index is 12.2. The van der Waals surface area contributed by atoms with E-state index in [2.05, 4.69) is 22.5 Å². The molecule has 0 aromatic rings. The molecule has 2 aliphatic rings. The molecular weight excluding hydrogens is 475 g/mol. The molecule has 2 N–H and O–H groups in total. The first-order chi connectivity index (χ1) is 12.7. The Labute approximate surface area is 185 Å². The first kappa shape index (κ1) is 25.1. The second-order valence-corrected chi connectivity index (χ2v) is 9.35. The molecule has 27 heavy (non-hydrogen) atoms. The lowest BCUT2D eigenvalue weighted by molar-refractivity contribution is 0.142. The fourth-order valence-corrected chi connectivity index (χ4v) is 5.41. The zero-order valence-corrected chi connectivity index (χ0v) is 20.4. The Morgan fingerprint density at radius 2 is 2.07 bits per heavy atom. The quantitative estimate of drug-likeness (QED) is 0.281. The van der Waals surface area contributed by atoms with Crippen molar-refractivity contribution < 1.29 is 8.95 Å². The van der Waals surface area contributed by atoms with Gasteiger partial charge >= 0.3 is 0 Å². The monoisotopic (exact) mass is 514 g/mol. The Morgan fingerprint density at radius 3 is 2.78 bits per heavy atom. The molecule has 1 heterocycles. The second-order valence-electron chi connectivity index (χ2n) is 7.34. The first-order valence-corrected chi connectivity index (χ1v) is 11.7. The number of rotatable bonds is 9. The summed E-state index contributed by atoms with van der Waals surface area (Å²) in [5, 5.41) is 7.34. The van der Waals surface area contributed by atoms with Crippen molar-refractivity contribution in [2.45, 2.75) is 69.7 Å². The standard InChI is InChI=1S/C19H38N4O2S.HI/c1-4-20-19(21-15-17-9-7-11-23(17)12-13-25-3)22-16-8-6-10-18(14-16)26(24)5-2;/h16-18H,4-15H2,1-3H3,(H2,20,21,22);1H. The number of methoxy groups -OCH3 is 1. The predicted molar refractivity (Wildman–Crippen MR) is 126 cm³/mol. The van der Waals surface area contributed by atoms with Crippen molar-refractivity contribution in [3.8, 4) is 0 Å². The van der Waals surface area contributed by atoms with Gasteiger partial charge in [-0.05, 0) is 45.6 Å². The van der Waals surface area contributed by atoms with E-state index in [0.717, 1.165) is 70.2 Å². The Balaban J connectivity index is 0.00000364. The third-order valence-electron chi connectivity index (χ3n) is 5.51. The fraction of sp³-hybridized carbons (Fsp3) is 0.947. The summed E-state index contributed by atoms with van der Waals surface area (Å²) in [4.78, 5) is 7.37. The predicted octanol–water partition coefficient (Wildman–Crippen LogP) is 2.35. The molecule has 6 nitrogen and oxygen atoms in total. The van der Waals surface area contributed by atoms with Gasteiger partial charge in [0, 0.05) is 54.1 Å². The molecular formula is C19H39IN4O2S. The van der Waals surface area contributed by atoms with Crippen molar-refractivity contribution in [1.29, 1.82) is 0 Å². The van der Waals surface area contributed by atoms with Crippen LogP contribution in [0.4, 0.5) is 0 Å². The molecule has 1 aliphatic heterocycles. The SMILES string of the molecule is CCNC(=NCC1CCCN1CCOC)NC1CCCC(S(=O)CC)C1.I. The minimum Gasteiger partial charge on any atom is -0.383 e. The van der Waals surface area contributed by atoms with Crippen LogP contribution in [0.5, 0.6) is 0 Å². The van der Waals surface area contributed by atoms with Gasteiger partial charge in [0.05, 0.1) is 13.2 Å². The zero-order valence-electron chi connectivity index (χ0n) is 17.2. The van der Waals surface area contributed by atoms with Crippen LogP contribution >= 0.6 is 24.0 Å². The molecule has 0 aromatic carbocycles. The Kier molecular flexibility index (Phi) is 13.1. The minimum absolute atomic E-state index is 0. The molecule has 4 unspecified atom stereocenters. The Morgan fingerprint density at radius 1 is 1.26 bits per heavy atom. The van der Waals surface area contributed by atoms with Crippen LogP contribution in [0, 0.1) is 0 Å². The van der Waals surface area contributed by atoms with Crippen LogP contribution in [0.25, 0.3) is 0 Å². The van der Waals surface area contributed by atoms with E-state index in [1.54, 1.807) is 7.11 Å². The van der Waals surface area contributed by atoms with Gasteiger partial charge in [-0.2, -0.15) is 0 Å². The Hall–Kier alpha value is 0.0700. The maximum absolute atomic E-state index is 12.2. The number of hydrogen-bond donors (Lipinski definition) is 2. The fourth-order valence-electron chi connectivity index (χ4n) is 4.07. The number of nitrogens with one attached hydrogen (secondary N) is 2. The van der Waals surface area contributed by atoms with Gasteiger partial charge in [0.15, 0.2) is 5.96 Å². The van der Waals surface area contributed by atoms with E-state index in [0.29, 0.717) is 17.3 Å². The van der Waals surface area contributed by atoms with Crippen LogP contribution in [0.15, 0.2) is 4.99 Å². The molecule has 1 saturated heterocycles. The third kappa shape index (κ3) is 8.53. The molecule has 1 saturated carbocycles. The highest BCUT2D eigenvalue weighted by Crippen LogP contribution is 2.23. The molecule has 0 bridgehead atoms. The number of ether oxygens (including phenoxy) is 1. The van der Waals surface area contributed by atoms with Crippen LogP contribution < -0.4 is 10.6 Å². The normalized spacial score (nSPS) is 27.8. The number of aliphatic imine (C=N–C) groups is 1. The van der Waals surface area contributed by atoms with Crippen molar-refractivity contribution in [2.24, 2.45) is 4.99 Å². The lowest BCUT2D eigenvalue weighted by Gasteiger charge is -2.30. The average molecular weight is 515 g/mol. The smallest absolute Gasteiger partial charge is 0.191 e. The second kappa shape index (κ2) is 14.1. The zero-order chi connectivity index (χ0) is 18.8. The summed E-state index contributed by atoms with van der Waals surface area (Å²) in [5.41, 5.74) is 0. The van der Waals surface area contributed by atoms with Crippen molar-refractivity contribution in [1.82, 2.24) is 15.5 Å². The van der Waals surface area contributed by atoms with Crippen molar-refractivity contribution in [3.63, 3.8) is 0 Å². The van der Waals surface area contributed by atoms with Crippen LogP contribution in [0.3, 0.4) is 0 Å². The molecule has 0 spiro atoms. The van der Waals surface area contributed by atoms with Gasteiger partial charge in [0.1, 0.15) is 0 Å². The van der Waals surface area contributed by atoms with E-state index in [-0.39, 0.29) is 24.0 Å². The summed E-state index contributed by atoms with van der Waals surface area (Å²) in [5.74, 6) is 1.68. The largest absolute Gasteiger partial charge is 0.383 e. The highest BCUT2D eigenvalue weighted by atomic mass is 127. The molecule has 0 amide bonds. The van der Waals surface area contributed by atoms with Gasteiger partial charge in [-0.3, -0.25) is 14.1 Å². The molecule has 2 fully saturated rings. The molecule has 2 rings (SSSR count). The van der Waals surface area contributed by atoms with Crippen LogP contribution in [-0.2, 0) is 15.5 Å². The van der Waals surface area contributed by atoms with Gasteiger partial charge in [-0.25, -0.2) is 0 Å². The number of halogens is 1. The van der Waals surface area contributed by atoms with Gasteiger partial charge in [-0.15, -0.1) is 24.0 Å². The van der Waals surface area contributed by atoms with Crippen LogP contribution in [0.2, 0.25) is 0 Å². The van der Waals surface area contributed by atoms with E-state index in [1.165, 1.54) is 12.8 Å². The molecule has 8 heteroatoms. The molecule has 0 aromatic heterocycles. The maximum Gasteiger partial charge on any atom is 0.191 e. The molecule has 4 atom stereocenters. The Bertz CT molecular complexity index is 467. The van der Waals surface area contributed by atoms with E-state index in [4.69, 9.17) is 9.73 Å². The average Bonchev–Trinajstić information content (AvgIpc) is 3.11. The summed E-state index contributed by atoms with van der Waals surface area (Å²) < 4.78 is 17.4. The minimum atomic E-state index is -0.685. The molecule has 1 aliphatic carbocycles. The van der Waals surface area contributed by atoms with Crippen molar-refractivity contribution >= 4 is 40.7 Å². The van der Waals surface area contributed by atoms with E-state index in [9.17, 15) is 4.21 Å². The number of hydrogen-bond acceptors (Lipinski definition) is 4. The lowest BCUT2D eigenvalue weighted by atomic mass is 9.95. The van der Waals surface area contributed by atoms with Gasteiger partial charge in [0.25, 0.3) is 0 Å². The van der Waals surface area contributed by atoms with Crippen molar-refractivity contribution in [2.75, 3.05) is 45.6 Å². The lowest BCUT2D eigenvalue weighted by Crippen LogP contribution is -2.47. The molecule has 0 radical (unpaired) electrons. The highest BCUT2D eigenvalue weighted by molar-refractivity contribution is 14.0. The molecule has 160 valence electrons. The van der Waals surface area contributed by atoms with Crippen LogP contribution in [-0.4, -0.2) is 78.1 Å². The number of guanidine groups is 1. The van der Waals surface area contributed by atoms with Gasteiger partial charge in [-0.1, -0.05) is 13.3 Å². The summed E-state index contributed by atoms with van der Waals surface area (Å²) in [6, 6.07) is 0.905. The van der Waals surface area contributed by atoms with Gasteiger partial charge in [0.2, 0.25) is 0 Å². The summed E-state index contributed by atoms with van der Waals surface area (Å²) in [7, 11) is 1.08. The summed E-state index contributed by atoms with van der Waals surface area (Å²) >= 11 is 0. The third-order valence-corrected chi connectivity index (χ3v) is 7.25. The van der Waals surface area contributed by atoms with Crippen molar-refractivity contribution in [3.05, 3.63) is 0 Å². The number of likely N-dealkylation sites (tertiary alicyclic amines) is 1. The van der Waals surface area contributed by atoms with Gasteiger partial charge < -0.3 is 15.4 Å². The highest BCUT2D eigenvalue weighted by Gasteiger charge is 2.27. The van der Waals surface area contributed by atoms with Crippen LogP contribution in [0.1, 0.15) is 52.4 Å². The van der Waals surface area contributed by atoms with E-state index >= 15 is 0 Å². The van der Waals surface area contributed by atoms with E-state index < -0.39 is 10.8 Å². The number of nitrogens with zero attached hydrogens (tertiary/aromatic N) is 2. The van der Waals surface area contributed by atoms with E-state index in [1.807, 2.05) is 6.92 Å². The summed E-state index contributed by atoms with van der Waals surface area (Å²) in [6.45, 7) is 8.76. The topological polar surface area (TPSA) is 66.0 Å². The summed E-state index contributed by atoms with van der Waals surface area (Å²) in [6.07, 6.45) is 6.86.